The summed E-state index contributed by atoms with van der Waals surface area (Å²) in [6.07, 6.45) is 3.44. The molecule has 4 aromatic rings. The van der Waals surface area contributed by atoms with Crippen molar-refractivity contribution >= 4 is 29.0 Å². The smallest absolute Gasteiger partial charge is 0.234 e. The number of pyridine rings is 1. The van der Waals surface area contributed by atoms with E-state index < -0.39 is 0 Å². The van der Waals surface area contributed by atoms with Gasteiger partial charge in [0.25, 0.3) is 0 Å². The Morgan fingerprint density at radius 3 is 2.28 bits per heavy atom. The quantitative estimate of drug-likeness (QED) is 0.278. The molecule has 4 rings (SSSR count). The van der Waals surface area contributed by atoms with Gasteiger partial charge in [0.15, 0.2) is 11.0 Å². The zero-order chi connectivity index (χ0) is 25.3. The lowest BCUT2D eigenvalue weighted by atomic mass is 10.2. The van der Waals surface area contributed by atoms with Gasteiger partial charge in [0.05, 0.1) is 12.4 Å². The Labute approximate surface area is 215 Å². The Morgan fingerprint density at radius 1 is 0.944 bits per heavy atom. The summed E-state index contributed by atoms with van der Waals surface area (Å²) in [5, 5.41) is 12.4. The van der Waals surface area contributed by atoms with Crippen LogP contribution in [0.3, 0.4) is 0 Å². The molecule has 2 aromatic heterocycles. The number of ether oxygens (including phenoxy) is 1. The number of carbonyl (C=O) groups excluding carboxylic acids is 1. The molecule has 1 amide bonds. The lowest BCUT2D eigenvalue weighted by molar-refractivity contribution is -0.113. The summed E-state index contributed by atoms with van der Waals surface area (Å²) in [6, 6.07) is 19.4. The first-order valence-electron chi connectivity index (χ1n) is 12.0. The van der Waals surface area contributed by atoms with Gasteiger partial charge in [-0.3, -0.25) is 14.3 Å². The van der Waals surface area contributed by atoms with Crippen molar-refractivity contribution in [3.63, 3.8) is 0 Å². The Bertz CT molecular complexity index is 1260. The van der Waals surface area contributed by atoms with Crippen LogP contribution in [-0.2, 0) is 4.79 Å². The van der Waals surface area contributed by atoms with Crippen molar-refractivity contribution in [1.82, 2.24) is 19.7 Å². The van der Waals surface area contributed by atoms with Crippen LogP contribution in [0.2, 0.25) is 0 Å². The fraction of sp³-hybridized carbons (Fsp3) is 0.259. The molecule has 0 unspecified atom stereocenters. The molecule has 36 heavy (non-hydrogen) atoms. The highest BCUT2D eigenvalue weighted by Crippen LogP contribution is 2.29. The molecule has 0 atom stereocenters. The van der Waals surface area contributed by atoms with E-state index in [2.05, 4.69) is 39.2 Å². The van der Waals surface area contributed by atoms with Gasteiger partial charge in [0, 0.05) is 48.1 Å². The van der Waals surface area contributed by atoms with Crippen molar-refractivity contribution in [1.29, 1.82) is 0 Å². The number of amides is 1. The molecule has 0 aliphatic carbocycles. The molecule has 0 saturated heterocycles. The third-order valence-corrected chi connectivity index (χ3v) is 6.52. The van der Waals surface area contributed by atoms with Gasteiger partial charge in [-0.1, -0.05) is 11.8 Å². The van der Waals surface area contributed by atoms with Crippen molar-refractivity contribution < 1.29 is 9.53 Å². The molecule has 2 heterocycles. The van der Waals surface area contributed by atoms with Gasteiger partial charge in [0.1, 0.15) is 5.75 Å². The second-order valence-corrected chi connectivity index (χ2v) is 8.80. The van der Waals surface area contributed by atoms with E-state index in [0.717, 1.165) is 41.5 Å². The SMILES string of the molecule is CCOc1ccc(-n2c(SCC(=O)Nc3ccc(N(CC)CC)cc3)nnc2-c2ccncc2)cc1. The highest BCUT2D eigenvalue weighted by atomic mass is 32.2. The number of hydrogen-bond donors (Lipinski definition) is 1. The van der Waals surface area contributed by atoms with Crippen molar-refractivity contribution in [2.24, 2.45) is 0 Å². The van der Waals surface area contributed by atoms with E-state index in [1.165, 1.54) is 11.8 Å². The fourth-order valence-corrected chi connectivity index (χ4v) is 4.57. The first-order valence-corrected chi connectivity index (χ1v) is 13.0. The van der Waals surface area contributed by atoms with Crippen LogP contribution >= 0.6 is 11.8 Å². The highest BCUT2D eigenvalue weighted by molar-refractivity contribution is 7.99. The van der Waals surface area contributed by atoms with Crippen LogP contribution in [0.1, 0.15) is 20.8 Å². The third-order valence-electron chi connectivity index (χ3n) is 5.59. The summed E-state index contributed by atoms with van der Waals surface area (Å²) in [5.74, 6) is 1.56. The zero-order valence-electron chi connectivity index (χ0n) is 20.7. The molecule has 0 fully saturated rings. The molecule has 8 nitrogen and oxygen atoms in total. The van der Waals surface area contributed by atoms with E-state index in [1.54, 1.807) is 12.4 Å². The topological polar surface area (TPSA) is 85.2 Å². The molecule has 0 bridgehead atoms. The van der Waals surface area contributed by atoms with Gasteiger partial charge in [-0.25, -0.2) is 0 Å². The average molecular weight is 503 g/mol. The fourth-order valence-electron chi connectivity index (χ4n) is 3.81. The highest BCUT2D eigenvalue weighted by Gasteiger charge is 2.17. The van der Waals surface area contributed by atoms with E-state index in [-0.39, 0.29) is 11.7 Å². The predicted molar refractivity (Wildman–Crippen MR) is 145 cm³/mol. The molecule has 0 radical (unpaired) electrons. The normalized spacial score (nSPS) is 10.8. The number of anilines is 2. The van der Waals surface area contributed by atoms with Gasteiger partial charge >= 0.3 is 0 Å². The summed E-state index contributed by atoms with van der Waals surface area (Å²) < 4.78 is 7.53. The summed E-state index contributed by atoms with van der Waals surface area (Å²) in [7, 11) is 0. The largest absolute Gasteiger partial charge is 0.494 e. The van der Waals surface area contributed by atoms with Crippen LogP contribution < -0.4 is 15.0 Å². The van der Waals surface area contributed by atoms with Crippen molar-refractivity contribution in [2.45, 2.75) is 25.9 Å². The van der Waals surface area contributed by atoms with Gasteiger partial charge in [0.2, 0.25) is 5.91 Å². The summed E-state index contributed by atoms with van der Waals surface area (Å²) in [6.45, 7) is 8.69. The van der Waals surface area contributed by atoms with E-state index in [9.17, 15) is 4.79 Å². The van der Waals surface area contributed by atoms with Crippen LogP contribution in [0.25, 0.3) is 17.1 Å². The van der Waals surface area contributed by atoms with E-state index in [1.807, 2.05) is 72.2 Å². The summed E-state index contributed by atoms with van der Waals surface area (Å²) in [5.41, 5.74) is 3.67. The summed E-state index contributed by atoms with van der Waals surface area (Å²) in [4.78, 5) is 19.1. The van der Waals surface area contributed by atoms with Gasteiger partial charge in [-0.2, -0.15) is 0 Å². The molecular weight excluding hydrogens is 472 g/mol. The van der Waals surface area contributed by atoms with Crippen LogP contribution in [0.4, 0.5) is 11.4 Å². The maximum absolute atomic E-state index is 12.7. The van der Waals surface area contributed by atoms with E-state index in [4.69, 9.17) is 4.74 Å². The first kappa shape index (κ1) is 25.2. The Hall–Kier alpha value is -3.85. The van der Waals surface area contributed by atoms with Crippen molar-refractivity contribution in [3.8, 4) is 22.8 Å². The molecule has 0 aliphatic rings. The second-order valence-electron chi connectivity index (χ2n) is 7.86. The molecule has 1 N–H and O–H groups in total. The van der Waals surface area contributed by atoms with Gasteiger partial charge in [-0.15, -0.1) is 10.2 Å². The van der Waals surface area contributed by atoms with Gasteiger partial charge < -0.3 is 15.0 Å². The minimum atomic E-state index is -0.109. The number of aromatic nitrogens is 4. The van der Waals surface area contributed by atoms with Gasteiger partial charge in [-0.05, 0) is 81.4 Å². The van der Waals surface area contributed by atoms with Crippen LogP contribution in [0, 0.1) is 0 Å². The van der Waals surface area contributed by atoms with E-state index in [0.29, 0.717) is 17.6 Å². The Morgan fingerprint density at radius 2 is 1.64 bits per heavy atom. The van der Waals surface area contributed by atoms with Crippen molar-refractivity contribution in [2.75, 3.05) is 35.7 Å². The standard InChI is InChI=1S/C27H30N6O2S/c1-4-32(5-2)22-9-7-21(8-10-22)29-25(34)19-36-27-31-30-26(20-15-17-28-18-16-20)33(27)23-11-13-24(14-12-23)35-6-3/h7-18H,4-6,19H2,1-3H3,(H,29,34). The minimum Gasteiger partial charge on any atom is -0.494 e. The number of benzene rings is 2. The number of nitrogens with zero attached hydrogens (tertiary/aromatic N) is 5. The average Bonchev–Trinajstić information content (AvgIpc) is 3.34. The van der Waals surface area contributed by atoms with Crippen molar-refractivity contribution in [3.05, 3.63) is 73.1 Å². The Kier molecular flexibility index (Phi) is 8.57. The predicted octanol–water partition coefficient (Wildman–Crippen LogP) is 5.31. The Balaban J connectivity index is 1.51. The zero-order valence-corrected chi connectivity index (χ0v) is 21.5. The number of carbonyl (C=O) groups is 1. The molecule has 0 spiro atoms. The number of nitrogens with one attached hydrogen (secondary N) is 1. The maximum Gasteiger partial charge on any atom is 0.234 e. The lowest BCUT2D eigenvalue weighted by Gasteiger charge is -2.21. The number of rotatable bonds is 11. The first-order chi connectivity index (χ1) is 17.6. The minimum absolute atomic E-state index is 0.109. The van der Waals surface area contributed by atoms with E-state index >= 15 is 0 Å². The monoisotopic (exact) mass is 502 g/mol. The molecular formula is C27H30N6O2S. The second kappa shape index (κ2) is 12.2. The number of hydrogen-bond acceptors (Lipinski definition) is 7. The molecule has 0 aliphatic heterocycles. The van der Waals surface area contributed by atoms with Crippen LogP contribution in [0.15, 0.2) is 78.2 Å². The third kappa shape index (κ3) is 6.04. The summed E-state index contributed by atoms with van der Waals surface area (Å²) >= 11 is 1.34. The molecule has 0 saturated carbocycles. The lowest BCUT2D eigenvalue weighted by Crippen LogP contribution is -2.21. The molecule has 186 valence electrons. The molecule has 2 aromatic carbocycles. The van der Waals surface area contributed by atoms with Crippen LogP contribution in [-0.4, -0.2) is 51.1 Å². The maximum atomic E-state index is 12.7. The number of thioether (sulfide) groups is 1. The van der Waals surface area contributed by atoms with Crippen LogP contribution in [0.5, 0.6) is 5.75 Å². The molecule has 9 heteroatoms.